The molecule has 0 saturated heterocycles. The number of aromatic hydroxyl groups is 1. The van der Waals surface area contributed by atoms with Crippen LogP contribution in [-0.2, 0) is 16.4 Å². The van der Waals surface area contributed by atoms with Gasteiger partial charge in [0.2, 0.25) is 0 Å². The molecule has 0 amide bonds. The van der Waals surface area contributed by atoms with Crippen molar-refractivity contribution in [1.29, 1.82) is 0 Å². The van der Waals surface area contributed by atoms with Crippen molar-refractivity contribution >= 4 is 15.5 Å². The van der Waals surface area contributed by atoms with Gasteiger partial charge in [0.25, 0.3) is 0 Å². The number of hydrogen-bond acceptors (Lipinski definition) is 4. The quantitative estimate of drug-likeness (QED) is 0.911. The molecule has 2 N–H and O–H groups in total. The van der Waals surface area contributed by atoms with Crippen LogP contribution in [0.1, 0.15) is 5.56 Å². The lowest BCUT2D eigenvalue weighted by Gasteiger charge is -2.09. The molecule has 7 heteroatoms. The summed E-state index contributed by atoms with van der Waals surface area (Å²) in [5.74, 6) is -3.11. The van der Waals surface area contributed by atoms with Crippen LogP contribution in [0.4, 0.5) is 14.5 Å². The van der Waals surface area contributed by atoms with Crippen LogP contribution in [0, 0.1) is 11.6 Å². The topological polar surface area (TPSA) is 66.4 Å². The second-order valence-electron chi connectivity index (χ2n) is 4.56. The second kappa shape index (κ2) is 5.69. The van der Waals surface area contributed by atoms with Gasteiger partial charge in [-0.25, -0.2) is 17.2 Å². The van der Waals surface area contributed by atoms with E-state index in [1.54, 1.807) is 12.1 Å². The average molecular weight is 313 g/mol. The van der Waals surface area contributed by atoms with Gasteiger partial charge in [0.05, 0.1) is 4.90 Å². The van der Waals surface area contributed by atoms with Gasteiger partial charge in [0, 0.05) is 18.5 Å². The van der Waals surface area contributed by atoms with Gasteiger partial charge in [0.1, 0.15) is 0 Å². The van der Waals surface area contributed by atoms with E-state index in [9.17, 15) is 17.2 Å². The van der Waals surface area contributed by atoms with E-state index in [0.29, 0.717) is 5.69 Å². The fourth-order valence-corrected chi connectivity index (χ4v) is 2.43. The zero-order valence-electron chi connectivity index (χ0n) is 11.1. The third-order valence-corrected chi connectivity index (χ3v) is 3.95. The smallest absolute Gasteiger partial charge is 0.187 e. The molecule has 2 aromatic rings. The van der Waals surface area contributed by atoms with Crippen molar-refractivity contribution in [3.05, 3.63) is 53.6 Å². The molecule has 0 atom stereocenters. The fourth-order valence-electron chi connectivity index (χ4n) is 1.76. The van der Waals surface area contributed by atoms with Gasteiger partial charge in [-0.1, -0.05) is 6.07 Å². The predicted molar refractivity (Wildman–Crippen MR) is 74.9 cm³/mol. The van der Waals surface area contributed by atoms with Gasteiger partial charge < -0.3 is 10.4 Å². The summed E-state index contributed by atoms with van der Waals surface area (Å²) in [6.07, 6.45) is 1.09. The molecule has 0 aliphatic carbocycles. The Hall–Kier alpha value is -2.15. The van der Waals surface area contributed by atoms with E-state index >= 15 is 0 Å². The Labute approximate surface area is 121 Å². The molecule has 0 aromatic heterocycles. The predicted octanol–water partition coefficient (Wildman–Crippen LogP) is 2.69. The molecule has 112 valence electrons. The van der Waals surface area contributed by atoms with Gasteiger partial charge in [-0.05, 0) is 35.9 Å². The number of rotatable bonds is 4. The molecule has 0 heterocycles. The highest BCUT2D eigenvalue weighted by Crippen LogP contribution is 2.22. The first-order valence-corrected chi connectivity index (χ1v) is 7.87. The molecular formula is C14H13F2NO3S. The minimum absolute atomic E-state index is 0.0847. The number of phenolic OH excluding ortho intramolecular Hbond substituents is 1. The van der Waals surface area contributed by atoms with Crippen molar-refractivity contribution in [2.45, 2.75) is 11.4 Å². The lowest BCUT2D eigenvalue weighted by molar-refractivity contribution is 0.395. The number of nitrogens with one attached hydrogen (secondary N) is 1. The molecule has 0 bridgehead atoms. The Bertz CT molecular complexity index is 753. The van der Waals surface area contributed by atoms with Crippen molar-refractivity contribution in [2.24, 2.45) is 0 Å². The van der Waals surface area contributed by atoms with Crippen LogP contribution in [0.5, 0.6) is 5.75 Å². The minimum Gasteiger partial charge on any atom is -0.503 e. The monoisotopic (exact) mass is 313 g/mol. The van der Waals surface area contributed by atoms with Crippen LogP contribution >= 0.6 is 0 Å². The largest absolute Gasteiger partial charge is 0.503 e. The summed E-state index contributed by atoms with van der Waals surface area (Å²) in [6.45, 7) is 0.0847. The highest BCUT2D eigenvalue weighted by Gasteiger charge is 2.10. The van der Waals surface area contributed by atoms with E-state index in [1.807, 2.05) is 0 Å². The lowest BCUT2D eigenvalue weighted by Crippen LogP contribution is -2.03. The first-order valence-electron chi connectivity index (χ1n) is 5.98. The van der Waals surface area contributed by atoms with Crippen molar-refractivity contribution in [3.8, 4) is 5.75 Å². The van der Waals surface area contributed by atoms with Crippen LogP contribution in [0.3, 0.4) is 0 Å². The Kier molecular flexibility index (Phi) is 4.13. The maximum atomic E-state index is 13.2. The molecule has 0 aliphatic heterocycles. The number of hydrogen-bond donors (Lipinski definition) is 2. The Morgan fingerprint density at radius 3 is 2.33 bits per heavy atom. The molecule has 2 rings (SSSR count). The van der Waals surface area contributed by atoms with Gasteiger partial charge in [-0.2, -0.15) is 0 Å². The van der Waals surface area contributed by atoms with Gasteiger partial charge in [-0.15, -0.1) is 0 Å². The Morgan fingerprint density at radius 1 is 1.14 bits per heavy atom. The summed E-state index contributed by atoms with van der Waals surface area (Å²) in [4.78, 5) is 0.149. The van der Waals surface area contributed by atoms with Gasteiger partial charge in [-0.3, -0.25) is 0 Å². The number of sulfone groups is 1. The Morgan fingerprint density at radius 2 is 1.76 bits per heavy atom. The lowest BCUT2D eigenvalue weighted by atomic mass is 10.2. The summed E-state index contributed by atoms with van der Waals surface area (Å²) in [6, 6.07) is 8.11. The maximum absolute atomic E-state index is 13.2. The highest BCUT2D eigenvalue weighted by atomic mass is 32.2. The normalized spacial score (nSPS) is 11.4. The molecule has 0 radical (unpaired) electrons. The van der Waals surface area contributed by atoms with Crippen molar-refractivity contribution in [2.75, 3.05) is 11.6 Å². The fraction of sp³-hybridized carbons (Fsp3) is 0.143. The Balaban J connectivity index is 2.17. The van der Waals surface area contributed by atoms with Crippen molar-refractivity contribution < 1.29 is 22.3 Å². The van der Waals surface area contributed by atoms with E-state index in [0.717, 1.165) is 18.4 Å². The summed E-state index contributed by atoms with van der Waals surface area (Å²) >= 11 is 0. The molecule has 4 nitrogen and oxygen atoms in total. The zero-order chi connectivity index (χ0) is 15.6. The molecule has 0 spiro atoms. The standard InChI is InChI=1S/C14H13F2NO3S/c1-21(19,20)11-4-2-3-10(7-11)17-8-9-5-12(15)14(18)13(16)6-9/h2-7,17-18H,8H2,1H3. The molecule has 2 aromatic carbocycles. The van der Waals surface area contributed by atoms with Crippen LogP contribution in [-0.4, -0.2) is 19.8 Å². The van der Waals surface area contributed by atoms with Gasteiger partial charge >= 0.3 is 0 Å². The maximum Gasteiger partial charge on any atom is 0.187 e. The van der Waals surface area contributed by atoms with Crippen molar-refractivity contribution in [1.82, 2.24) is 0 Å². The van der Waals surface area contributed by atoms with E-state index in [4.69, 9.17) is 5.11 Å². The number of anilines is 1. The van der Waals surface area contributed by atoms with E-state index in [-0.39, 0.29) is 17.0 Å². The molecule has 0 fully saturated rings. The van der Waals surface area contributed by atoms with Crippen LogP contribution in [0.25, 0.3) is 0 Å². The SMILES string of the molecule is CS(=O)(=O)c1cccc(NCc2cc(F)c(O)c(F)c2)c1. The third-order valence-electron chi connectivity index (χ3n) is 2.84. The van der Waals surface area contributed by atoms with Gasteiger partial charge in [0.15, 0.2) is 27.2 Å². The van der Waals surface area contributed by atoms with E-state index < -0.39 is 27.2 Å². The molecule has 0 aliphatic rings. The number of phenols is 1. The zero-order valence-corrected chi connectivity index (χ0v) is 11.9. The molecular weight excluding hydrogens is 300 g/mol. The molecule has 0 saturated carbocycles. The second-order valence-corrected chi connectivity index (χ2v) is 6.58. The highest BCUT2D eigenvalue weighted by molar-refractivity contribution is 7.90. The van der Waals surface area contributed by atoms with Crippen LogP contribution in [0.15, 0.2) is 41.3 Å². The summed E-state index contributed by atoms with van der Waals surface area (Å²) in [5.41, 5.74) is 0.791. The number of halogens is 2. The van der Waals surface area contributed by atoms with Crippen LogP contribution in [0.2, 0.25) is 0 Å². The van der Waals surface area contributed by atoms with Crippen LogP contribution < -0.4 is 5.32 Å². The first kappa shape index (κ1) is 15.2. The third kappa shape index (κ3) is 3.69. The molecule has 0 unspecified atom stereocenters. The van der Waals surface area contributed by atoms with Crippen molar-refractivity contribution in [3.63, 3.8) is 0 Å². The molecule has 21 heavy (non-hydrogen) atoms. The van der Waals surface area contributed by atoms with E-state index in [2.05, 4.69) is 5.32 Å². The summed E-state index contributed by atoms with van der Waals surface area (Å²) < 4.78 is 49.2. The first-order chi connectivity index (χ1) is 9.77. The summed E-state index contributed by atoms with van der Waals surface area (Å²) in [7, 11) is -3.32. The number of benzene rings is 2. The minimum atomic E-state index is -3.32. The average Bonchev–Trinajstić information content (AvgIpc) is 2.42. The van der Waals surface area contributed by atoms with E-state index in [1.165, 1.54) is 12.1 Å². The summed E-state index contributed by atoms with van der Waals surface area (Å²) in [5, 5.41) is 11.9.